The molecule has 4 heteroatoms. The van der Waals surface area contributed by atoms with Gasteiger partial charge in [-0.25, -0.2) is 5.32 Å². The lowest BCUT2D eigenvalue weighted by Gasteiger charge is -2.23. The molecule has 0 N–H and O–H groups in total. The molecule has 11 heavy (non-hydrogen) atoms. The van der Waals surface area contributed by atoms with E-state index in [9.17, 15) is 9.59 Å². The van der Waals surface area contributed by atoms with Crippen molar-refractivity contribution in [3.05, 3.63) is 12.7 Å². The summed E-state index contributed by atoms with van der Waals surface area (Å²) in [6.45, 7) is 4.85. The summed E-state index contributed by atoms with van der Waals surface area (Å²) in [7, 11) is 0. The molecule has 1 radical (unpaired) electrons. The van der Waals surface area contributed by atoms with Gasteiger partial charge in [-0.2, -0.15) is 0 Å². The van der Waals surface area contributed by atoms with Crippen LogP contribution in [0.15, 0.2) is 12.7 Å². The van der Waals surface area contributed by atoms with Crippen LogP contribution in [0.3, 0.4) is 0 Å². The van der Waals surface area contributed by atoms with Crippen LogP contribution in [0.25, 0.3) is 0 Å². The van der Waals surface area contributed by atoms with Crippen molar-refractivity contribution in [2.45, 2.75) is 0 Å². The van der Waals surface area contributed by atoms with Gasteiger partial charge in [-0.1, -0.05) is 6.08 Å². The van der Waals surface area contributed by atoms with Crippen molar-refractivity contribution in [3.63, 3.8) is 0 Å². The van der Waals surface area contributed by atoms with Gasteiger partial charge in [-0.05, 0) is 0 Å². The van der Waals surface area contributed by atoms with Crippen LogP contribution in [0, 0.1) is 0 Å². The van der Waals surface area contributed by atoms with E-state index in [1.165, 1.54) is 4.90 Å². The minimum Gasteiger partial charge on any atom is -0.329 e. The molecule has 1 aliphatic rings. The summed E-state index contributed by atoms with van der Waals surface area (Å²) < 4.78 is 0. The van der Waals surface area contributed by atoms with Crippen molar-refractivity contribution >= 4 is 11.8 Å². The minimum atomic E-state index is -0.641. The van der Waals surface area contributed by atoms with Gasteiger partial charge in [0.2, 0.25) is 0 Å². The molecule has 0 bridgehead atoms. The largest absolute Gasteiger partial charge is 0.330 e. The number of amides is 2. The maximum atomic E-state index is 11.0. The molecular weight excluding hydrogens is 144 g/mol. The van der Waals surface area contributed by atoms with Gasteiger partial charge < -0.3 is 4.90 Å². The number of carbonyl (C=O) groups excluding carboxylic acids is 2. The van der Waals surface area contributed by atoms with E-state index < -0.39 is 11.8 Å². The first kappa shape index (κ1) is 7.78. The molecular formula is C7H9N2O2. The molecule has 0 spiro atoms. The lowest BCUT2D eigenvalue weighted by Crippen LogP contribution is -2.48. The van der Waals surface area contributed by atoms with Crippen LogP contribution in [0.4, 0.5) is 0 Å². The van der Waals surface area contributed by atoms with E-state index in [0.29, 0.717) is 19.6 Å². The third-order valence-corrected chi connectivity index (χ3v) is 1.44. The summed E-state index contributed by atoms with van der Waals surface area (Å²) in [5.74, 6) is -1.16. The topological polar surface area (TPSA) is 51.5 Å². The van der Waals surface area contributed by atoms with Gasteiger partial charge in [-0.15, -0.1) is 6.58 Å². The van der Waals surface area contributed by atoms with Crippen molar-refractivity contribution < 1.29 is 9.59 Å². The normalized spacial score (nSPS) is 18.0. The molecule has 0 atom stereocenters. The molecule has 1 saturated heterocycles. The molecule has 2 amide bonds. The van der Waals surface area contributed by atoms with Crippen molar-refractivity contribution in [2.24, 2.45) is 0 Å². The summed E-state index contributed by atoms with van der Waals surface area (Å²) in [6, 6.07) is 0. The minimum absolute atomic E-state index is 0.415. The zero-order chi connectivity index (χ0) is 8.27. The first-order valence-electron chi connectivity index (χ1n) is 3.37. The lowest BCUT2D eigenvalue weighted by molar-refractivity contribution is -0.147. The zero-order valence-electron chi connectivity index (χ0n) is 6.12. The average molecular weight is 153 g/mol. The quantitative estimate of drug-likeness (QED) is 0.383. The number of piperazine rings is 1. The van der Waals surface area contributed by atoms with E-state index in [0.717, 1.165) is 0 Å². The highest BCUT2D eigenvalue weighted by Crippen LogP contribution is 1.95. The lowest BCUT2D eigenvalue weighted by atomic mass is 10.3. The maximum absolute atomic E-state index is 11.0. The Morgan fingerprint density at radius 3 is 3.00 bits per heavy atom. The Morgan fingerprint density at radius 2 is 2.36 bits per heavy atom. The molecule has 4 nitrogen and oxygen atoms in total. The van der Waals surface area contributed by atoms with Crippen LogP contribution in [-0.2, 0) is 9.59 Å². The number of hydrogen-bond donors (Lipinski definition) is 0. The van der Waals surface area contributed by atoms with Gasteiger partial charge in [0.25, 0.3) is 0 Å². The standard InChI is InChI=1S/C7H9N2O2/c1-2-4-9-5-3-8-6(10)7(9)11/h2H,1,3-5H2. The molecule has 1 heterocycles. The smallest absolute Gasteiger partial charge is 0.329 e. The monoisotopic (exact) mass is 153 g/mol. The molecule has 0 aliphatic carbocycles. The highest BCUT2D eigenvalue weighted by molar-refractivity contribution is 6.35. The summed E-state index contributed by atoms with van der Waals surface area (Å²) in [6.07, 6.45) is 1.59. The van der Waals surface area contributed by atoms with Gasteiger partial charge >= 0.3 is 11.8 Å². The van der Waals surface area contributed by atoms with Gasteiger partial charge in [0, 0.05) is 13.1 Å². The highest BCUT2D eigenvalue weighted by Gasteiger charge is 2.25. The second-order valence-electron chi connectivity index (χ2n) is 2.23. The first-order valence-corrected chi connectivity index (χ1v) is 3.37. The van der Waals surface area contributed by atoms with Gasteiger partial charge in [0.15, 0.2) is 0 Å². The molecule has 0 aromatic carbocycles. The van der Waals surface area contributed by atoms with Crippen LogP contribution in [0.2, 0.25) is 0 Å². The van der Waals surface area contributed by atoms with Crippen LogP contribution in [0.1, 0.15) is 0 Å². The number of rotatable bonds is 2. The highest BCUT2D eigenvalue weighted by atomic mass is 16.2. The van der Waals surface area contributed by atoms with Crippen LogP contribution in [-0.4, -0.2) is 36.3 Å². The Kier molecular flexibility index (Phi) is 2.25. The van der Waals surface area contributed by atoms with E-state index in [2.05, 4.69) is 11.9 Å². The van der Waals surface area contributed by atoms with Gasteiger partial charge in [0.1, 0.15) is 0 Å². The van der Waals surface area contributed by atoms with E-state index in [1.54, 1.807) is 6.08 Å². The second-order valence-corrected chi connectivity index (χ2v) is 2.23. The number of nitrogens with zero attached hydrogens (tertiary/aromatic N) is 2. The van der Waals surface area contributed by atoms with E-state index in [4.69, 9.17) is 0 Å². The van der Waals surface area contributed by atoms with Crippen LogP contribution < -0.4 is 5.32 Å². The molecule has 0 aromatic rings. The van der Waals surface area contributed by atoms with E-state index in [-0.39, 0.29) is 0 Å². The van der Waals surface area contributed by atoms with Crippen molar-refractivity contribution in [3.8, 4) is 0 Å². The molecule has 0 saturated carbocycles. The molecule has 59 valence electrons. The maximum Gasteiger partial charge on any atom is 0.330 e. The van der Waals surface area contributed by atoms with Gasteiger partial charge in [-0.3, -0.25) is 9.59 Å². The van der Waals surface area contributed by atoms with Crippen molar-refractivity contribution in [2.75, 3.05) is 19.6 Å². The van der Waals surface area contributed by atoms with Crippen molar-refractivity contribution in [1.29, 1.82) is 0 Å². The summed E-state index contributed by atoms with van der Waals surface area (Å²) >= 11 is 0. The first-order chi connectivity index (χ1) is 5.25. The Hall–Kier alpha value is -1.32. The van der Waals surface area contributed by atoms with E-state index >= 15 is 0 Å². The second kappa shape index (κ2) is 3.18. The third-order valence-electron chi connectivity index (χ3n) is 1.44. The SMILES string of the molecule is C=CCN1CC[N]C(=O)C1=O. The Bertz CT molecular complexity index is 201. The van der Waals surface area contributed by atoms with Crippen LogP contribution in [0.5, 0.6) is 0 Å². The van der Waals surface area contributed by atoms with Crippen molar-refractivity contribution in [1.82, 2.24) is 10.2 Å². The molecule has 0 unspecified atom stereocenters. The zero-order valence-corrected chi connectivity index (χ0v) is 6.12. The van der Waals surface area contributed by atoms with Crippen LogP contribution >= 0.6 is 0 Å². The molecule has 0 aromatic heterocycles. The number of hydrogen-bond acceptors (Lipinski definition) is 2. The fourth-order valence-corrected chi connectivity index (χ4v) is 0.907. The fourth-order valence-electron chi connectivity index (χ4n) is 0.907. The third kappa shape index (κ3) is 1.58. The Balaban J connectivity index is 2.58. The fraction of sp³-hybridized carbons (Fsp3) is 0.429. The van der Waals surface area contributed by atoms with E-state index in [1.807, 2.05) is 0 Å². The van der Waals surface area contributed by atoms with Gasteiger partial charge in [0.05, 0.1) is 6.54 Å². The predicted molar refractivity (Wildman–Crippen MR) is 38.8 cm³/mol. The Morgan fingerprint density at radius 1 is 1.64 bits per heavy atom. The molecule has 1 aliphatic heterocycles. The molecule has 1 rings (SSSR count). The summed E-state index contributed by atoms with van der Waals surface area (Å²) in [4.78, 5) is 23.1. The average Bonchev–Trinajstić information content (AvgIpc) is 1.99. The Labute approximate surface area is 64.9 Å². The number of carbonyl (C=O) groups is 2. The predicted octanol–water partition coefficient (Wildman–Crippen LogP) is -0.854. The summed E-state index contributed by atoms with van der Waals surface area (Å²) in [5.41, 5.74) is 0. The summed E-state index contributed by atoms with van der Waals surface area (Å²) in [5, 5.41) is 3.48. The molecule has 1 fully saturated rings.